The van der Waals surface area contributed by atoms with Crippen molar-refractivity contribution in [2.24, 2.45) is 23.2 Å². The third-order valence-corrected chi connectivity index (χ3v) is 8.49. The third kappa shape index (κ3) is 4.25. The zero-order valence-corrected chi connectivity index (χ0v) is 18.5. The van der Waals surface area contributed by atoms with Gasteiger partial charge in [0, 0.05) is 15.4 Å². The van der Waals surface area contributed by atoms with Crippen LogP contribution < -0.4 is 4.74 Å². The van der Waals surface area contributed by atoms with Crippen molar-refractivity contribution in [3.8, 4) is 5.75 Å². The Hall–Kier alpha value is -1.94. The van der Waals surface area contributed by atoms with Gasteiger partial charge >= 0.3 is 5.97 Å². The van der Waals surface area contributed by atoms with Gasteiger partial charge in [0.1, 0.15) is 5.75 Å². The second-order valence-corrected chi connectivity index (χ2v) is 10.8. The maximum absolute atomic E-state index is 12.6. The Labute approximate surface area is 183 Å². The first-order valence-corrected chi connectivity index (χ1v) is 12.0. The lowest BCUT2D eigenvalue weighted by molar-refractivity contribution is -0.158. The monoisotopic (exact) mass is 422 g/mol. The first-order chi connectivity index (χ1) is 14.6. The first kappa shape index (κ1) is 20.0. The fourth-order valence-corrected chi connectivity index (χ4v) is 7.45. The molecule has 4 aliphatic rings. The van der Waals surface area contributed by atoms with Gasteiger partial charge in [-0.15, -0.1) is 0 Å². The molecular formula is C26H30O3S. The largest absolute Gasteiger partial charge is 0.457 e. The molecule has 0 spiro atoms. The van der Waals surface area contributed by atoms with Crippen molar-refractivity contribution in [1.29, 1.82) is 0 Å². The van der Waals surface area contributed by atoms with Crippen molar-refractivity contribution in [3.63, 3.8) is 0 Å². The minimum atomic E-state index is -0.0931. The molecule has 0 aliphatic heterocycles. The van der Waals surface area contributed by atoms with E-state index in [2.05, 4.69) is 25.1 Å². The average molecular weight is 423 g/mol. The van der Waals surface area contributed by atoms with Gasteiger partial charge < -0.3 is 9.47 Å². The molecule has 0 saturated heterocycles. The van der Waals surface area contributed by atoms with E-state index in [0.717, 1.165) is 34.0 Å². The number of ether oxygens (including phenoxy) is 2. The van der Waals surface area contributed by atoms with E-state index in [1.807, 2.05) is 30.3 Å². The SMILES string of the molecule is Cc1c(OCOC(=O)CC23CC4CC(CC(C4)C2)C3)cccc1Sc1ccccc1. The van der Waals surface area contributed by atoms with Crippen LogP contribution in [-0.2, 0) is 9.53 Å². The smallest absolute Gasteiger partial charge is 0.309 e. The van der Waals surface area contributed by atoms with E-state index in [1.54, 1.807) is 11.8 Å². The van der Waals surface area contributed by atoms with Crippen LogP contribution in [0.15, 0.2) is 58.3 Å². The summed E-state index contributed by atoms with van der Waals surface area (Å²) in [7, 11) is 0. The van der Waals surface area contributed by atoms with Crippen LogP contribution in [-0.4, -0.2) is 12.8 Å². The van der Waals surface area contributed by atoms with E-state index in [1.165, 1.54) is 43.4 Å². The highest BCUT2D eigenvalue weighted by molar-refractivity contribution is 7.99. The van der Waals surface area contributed by atoms with Crippen molar-refractivity contribution < 1.29 is 14.3 Å². The van der Waals surface area contributed by atoms with Crippen molar-refractivity contribution in [3.05, 3.63) is 54.1 Å². The molecule has 2 aromatic carbocycles. The summed E-state index contributed by atoms with van der Waals surface area (Å²) >= 11 is 1.72. The summed E-state index contributed by atoms with van der Waals surface area (Å²) in [5.41, 5.74) is 1.29. The van der Waals surface area contributed by atoms with Crippen LogP contribution in [0.25, 0.3) is 0 Å². The lowest BCUT2D eigenvalue weighted by atomic mass is 9.49. The molecule has 0 heterocycles. The predicted octanol–water partition coefficient (Wildman–Crippen LogP) is 6.63. The van der Waals surface area contributed by atoms with Crippen molar-refractivity contribution >= 4 is 17.7 Å². The highest BCUT2D eigenvalue weighted by Crippen LogP contribution is 2.61. The Bertz CT molecular complexity index is 872. The van der Waals surface area contributed by atoms with Crippen LogP contribution in [0.4, 0.5) is 0 Å². The van der Waals surface area contributed by atoms with Crippen LogP contribution in [0.5, 0.6) is 5.75 Å². The molecule has 4 fully saturated rings. The van der Waals surface area contributed by atoms with Crippen molar-refractivity contribution in [2.45, 2.75) is 61.7 Å². The van der Waals surface area contributed by atoms with Crippen LogP contribution in [0.2, 0.25) is 0 Å². The summed E-state index contributed by atoms with van der Waals surface area (Å²) in [6, 6.07) is 16.3. The summed E-state index contributed by atoms with van der Waals surface area (Å²) in [5.74, 6) is 3.25. The molecular weight excluding hydrogens is 392 g/mol. The van der Waals surface area contributed by atoms with Gasteiger partial charge in [-0.25, -0.2) is 0 Å². The molecule has 0 unspecified atom stereocenters. The van der Waals surface area contributed by atoms with Gasteiger partial charge in [-0.05, 0) is 92.9 Å². The minimum absolute atomic E-state index is 0.00844. The molecule has 0 N–H and O–H groups in total. The first-order valence-electron chi connectivity index (χ1n) is 11.2. The van der Waals surface area contributed by atoms with E-state index in [9.17, 15) is 4.79 Å². The minimum Gasteiger partial charge on any atom is -0.457 e. The molecule has 4 aliphatic carbocycles. The second-order valence-electron chi connectivity index (χ2n) is 9.67. The fraction of sp³-hybridized carbons (Fsp3) is 0.500. The third-order valence-electron chi connectivity index (χ3n) is 7.32. The number of esters is 1. The van der Waals surface area contributed by atoms with Gasteiger partial charge in [0.25, 0.3) is 0 Å². The van der Waals surface area contributed by atoms with Gasteiger partial charge in [0.15, 0.2) is 0 Å². The molecule has 4 saturated carbocycles. The van der Waals surface area contributed by atoms with E-state index in [0.29, 0.717) is 6.42 Å². The van der Waals surface area contributed by atoms with Gasteiger partial charge in [-0.1, -0.05) is 36.0 Å². The fourth-order valence-electron chi connectivity index (χ4n) is 6.50. The number of benzene rings is 2. The zero-order valence-electron chi connectivity index (χ0n) is 17.6. The molecule has 0 amide bonds. The average Bonchev–Trinajstić information content (AvgIpc) is 2.70. The molecule has 158 valence electrons. The number of carbonyl (C=O) groups excluding carboxylic acids is 1. The molecule has 6 rings (SSSR count). The number of hydrogen-bond donors (Lipinski definition) is 0. The second kappa shape index (κ2) is 8.30. The zero-order chi connectivity index (χ0) is 20.6. The number of carbonyl (C=O) groups is 1. The van der Waals surface area contributed by atoms with Gasteiger partial charge in [-0.3, -0.25) is 4.79 Å². The topological polar surface area (TPSA) is 35.5 Å². The Morgan fingerprint density at radius 1 is 0.967 bits per heavy atom. The molecule has 3 nitrogen and oxygen atoms in total. The Morgan fingerprint density at radius 2 is 1.63 bits per heavy atom. The van der Waals surface area contributed by atoms with Gasteiger partial charge in [0.05, 0.1) is 6.42 Å². The van der Waals surface area contributed by atoms with Crippen LogP contribution in [0, 0.1) is 30.1 Å². The molecule has 0 radical (unpaired) electrons. The van der Waals surface area contributed by atoms with E-state index in [4.69, 9.17) is 9.47 Å². The Balaban J connectivity index is 1.15. The normalized spacial score (nSPS) is 29.0. The molecule has 4 heteroatoms. The molecule has 0 atom stereocenters. The molecule has 30 heavy (non-hydrogen) atoms. The van der Waals surface area contributed by atoms with Crippen LogP contribution in [0.1, 0.15) is 50.5 Å². The Kier molecular flexibility index (Phi) is 5.53. The van der Waals surface area contributed by atoms with Crippen molar-refractivity contribution in [2.75, 3.05) is 6.79 Å². The molecule has 2 aromatic rings. The summed E-state index contributed by atoms with van der Waals surface area (Å²) in [6.45, 7) is 2.04. The lowest BCUT2D eigenvalue weighted by Crippen LogP contribution is -2.47. The maximum atomic E-state index is 12.6. The van der Waals surface area contributed by atoms with E-state index < -0.39 is 0 Å². The van der Waals surface area contributed by atoms with Crippen LogP contribution in [0.3, 0.4) is 0 Å². The Morgan fingerprint density at radius 3 is 2.30 bits per heavy atom. The maximum Gasteiger partial charge on any atom is 0.309 e. The quantitative estimate of drug-likeness (QED) is 0.370. The predicted molar refractivity (Wildman–Crippen MR) is 119 cm³/mol. The molecule has 0 aromatic heterocycles. The highest BCUT2D eigenvalue weighted by Gasteiger charge is 2.51. The lowest BCUT2D eigenvalue weighted by Gasteiger charge is -2.56. The number of hydrogen-bond acceptors (Lipinski definition) is 4. The van der Waals surface area contributed by atoms with E-state index >= 15 is 0 Å². The summed E-state index contributed by atoms with van der Waals surface area (Å²) < 4.78 is 11.4. The standard InChI is InChI=1S/C26H30O3S/c1-18-23(8-5-9-24(18)30-22-6-3-2-4-7-22)28-17-29-25(27)16-26-13-19-10-20(14-26)12-21(11-19)15-26/h2-9,19-21H,10-17H2,1H3. The van der Waals surface area contributed by atoms with E-state index in [-0.39, 0.29) is 18.2 Å². The summed E-state index contributed by atoms with van der Waals surface area (Å²) in [6.07, 6.45) is 8.45. The van der Waals surface area contributed by atoms with Gasteiger partial charge in [0.2, 0.25) is 6.79 Å². The summed E-state index contributed by atoms with van der Waals surface area (Å²) in [4.78, 5) is 15.0. The molecule has 4 bridgehead atoms. The van der Waals surface area contributed by atoms with Crippen molar-refractivity contribution in [1.82, 2.24) is 0 Å². The van der Waals surface area contributed by atoms with Crippen LogP contribution >= 0.6 is 11.8 Å². The van der Waals surface area contributed by atoms with Gasteiger partial charge in [-0.2, -0.15) is 0 Å². The highest BCUT2D eigenvalue weighted by atomic mass is 32.2. The number of rotatable bonds is 7. The summed E-state index contributed by atoms with van der Waals surface area (Å²) in [5, 5.41) is 0.